The summed E-state index contributed by atoms with van der Waals surface area (Å²) in [5.74, 6) is 0. The zero-order valence-electron chi connectivity index (χ0n) is 14.4. The molecule has 0 radical (unpaired) electrons. The quantitative estimate of drug-likeness (QED) is 0.743. The van der Waals surface area contributed by atoms with Crippen LogP contribution in [0, 0.1) is 0 Å². The number of fused-ring (bicyclic) bond motifs is 1. The van der Waals surface area contributed by atoms with Gasteiger partial charge in [0.15, 0.2) is 0 Å². The highest BCUT2D eigenvalue weighted by molar-refractivity contribution is 5.53. The molecule has 1 aliphatic heterocycles. The summed E-state index contributed by atoms with van der Waals surface area (Å²) in [6.45, 7) is 2.01. The van der Waals surface area contributed by atoms with E-state index in [1.165, 1.54) is 29.7 Å². The maximum Gasteiger partial charge on any atom is 0.0645 e. The first-order valence-electron chi connectivity index (χ1n) is 9.05. The number of anilines is 1. The Bertz CT molecular complexity index is 810. The third-order valence-corrected chi connectivity index (χ3v) is 4.78. The van der Waals surface area contributed by atoms with E-state index in [2.05, 4.69) is 58.3 Å². The van der Waals surface area contributed by atoms with Crippen LogP contribution in [0.25, 0.3) is 5.69 Å². The van der Waals surface area contributed by atoms with E-state index < -0.39 is 0 Å². The molecule has 128 valence electrons. The van der Waals surface area contributed by atoms with Crippen LogP contribution in [0.4, 0.5) is 5.69 Å². The summed E-state index contributed by atoms with van der Waals surface area (Å²) in [6, 6.07) is 19.3. The molecule has 0 bridgehead atoms. The molecule has 2 N–H and O–H groups in total. The van der Waals surface area contributed by atoms with Gasteiger partial charge >= 0.3 is 0 Å². The SMILES string of the molecule is c1ccc(-n2cc(CCNC3CCCNc4ccccc43)cn2)cc1. The van der Waals surface area contributed by atoms with Gasteiger partial charge in [0.2, 0.25) is 0 Å². The Morgan fingerprint density at radius 1 is 1.08 bits per heavy atom. The van der Waals surface area contributed by atoms with Crippen molar-refractivity contribution in [2.45, 2.75) is 25.3 Å². The monoisotopic (exact) mass is 332 g/mol. The van der Waals surface area contributed by atoms with E-state index in [-0.39, 0.29) is 0 Å². The van der Waals surface area contributed by atoms with Gasteiger partial charge in [-0.05, 0) is 55.1 Å². The minimum Gasteiger partial charge on any atom is -0.385 e. The smallest absolute Gasteiger partial charge is 0.0645 e. The number of rotatable bonds is 5. The van der Waals surface area contributed by atoms with Crippen LogP contribution in [0.2, 0.25) is 0 Å². The molecule has 0 spiro atoms. The van der Waals surface area contributed by atoms with E-state index >= 15 is 0 Å². The van der Waals surface area contributed by atoms with Gasteiger partial charge in [0.05, 0.1) is 11.9 Å². The second kappa shape index (κ2) is 7.53. The Labute approximate surface area is 148 Å². The molecule has 4 rings (SSSR count). The maximum absolute atomic E-state index is 4.48. The molecule has 3 aromatic rings. The van der Waals surface area contributed by atoms with E-state index in [9.17, 15) is 0 Å². The second-order valence-electron chi connectivity index (χ2n) is 6.54. The molecule has 0 fully saturated rings. The largest absolute Gasteiger partial charge is 0.385 e. The molecule has 1 aromatic heterocycles. The van der Waals surface area contributed by atoms with Crippen molar-refractivity contribution in [1.82, 2.24) is 15.1 Å². The fourth-order valence-electron chi connectivity index (χ4n) is 3.46. The van der Waals surface area contributed by atoms with E-state index in [0.29, 0.717) is 6.04 Å². The average molecular weight is 332 g/mol. The molecule has 2 aromatic carbocycles. The molecule has 0 saturated heterocycles. The van der Waals surface area contributed by atoms with Crippen molar-refractivity contribution in [1.29, 1.82) is 0 Å². The maximum atomic E-state index is 4.48. The molecule has 2 heterocycles. The van der Waals surface area contributed by atoms with Crippen molar-refractivity contribution >= 4 is 5.69 Å². The fraction of sp³-hybridized carbons (Fsp3) is 0.286. The van der Waals surface area contributed by atoms with Gasteiger partial charge < -0.3 is 10.6 Å². The Kier molecular flexibility index (Phi) is 4.79. The molecular formula is C21H24N4. The number of hydrogen-bond acceptors (Lipinski definition) is 3. The minimum atomic E-state index is 0.426. The fourth-order valence-corrected chi connectivity index (χ4v) is 3.46. The molecule has 1 unspecified atom stereocenters. The normalized spacial score (nSPS) is 16.7. The topological polar surface area (TPSA) is 41.9 Å². The molecule has 1 aliphatic rings. The third-order valence-electron chi connectivity index (χ3n) is 4.78. The number of para-hydroxylation sites is 2. The summed E-state index contributed by atoms with van der Waals surface area (Å²) < 4.78 is 1.94. The number of benzene rings is 2. The van der Waals surface area contributed by atoms with Crippen LogP contribution in [-0.2, 0) is 6.42 Å². The van der Waals surface area contributed by atoms with Crippen molar-refractivity contribution in [2.24, 2.45) is 0 Å². The van der Waals surface area contributed by atoms with Crippen molar-refractivity contribution in [3.05, 3.63) is 78.1 Å². The molecule has 0 amide bonds. The van der Waals surface area contributed by atoms with Crippen LogP contribution in [0.1, 0.15) is 30.0 Å². The van der Waals surface area contributed by atoms with Gasteiger partial charge in [0, 0.05) is 24.5 Å². The van der Waals surface area contributed by atoms with Crippen LogP contribution in [0.5, 0.6) is 0 Å². The summed E-state index contributed by atoms with van der Waals surface area (Å²) in [6.07, 6.45) is 7.45. The second-order valence-corrected chi connectivity index (χ2v) is 6.54. The van der Waals surface area contributed by atoms with E-state index in [1.54, 1.807) is 0 Å². The van der Waals surface area contributed by atoms with Crippen molar-refractivity contribution < 1.29 is 0 Å². The minimum absolute atomic E-state index is 0.426. The number of hydrogen-bond donors (Lipinski definition) is 2. The van der Waals surface area contributed by atoms with Crippen molar-refractivity contribution in [3.8, 4) is 5.69 Å². The van der Waals surface area contributed by atoms with E-state index in [1.807, 2.05) is 29.1 Å². The Morgan fingerprint density at radius 2 is 1.92 bits per heavy atom. The number of aromatic nitrogens is 2. The average Bonchev–Trinajstić information content (AvgIpc) is 3.04. The van der Waals surface area contributed by atoms with Gasteiger partial charge in [-0.3, -0.25) is 0 Å². The lowest BCUT2D eigenvalue weighted by atomic mass is 10.0. The summed E-state index contributed by atoms with van der Waals surface area (Å²) in [5.41, 5.74) is 5.02. The highest BCUT2D eigenvalue weighted by Crippen LogP contribution is 2.28. The summed E-state index contributed by atoms with van der Waals surface area (Å²) in [7, 11) is 0. The lowest BCUT2D eigenvalue weighted by Crippen LogP contribution is -2.23. The first-order chi connectivity index (χ1) is 12.4. The zero-order chi connectivity index (χ0) is 16.9. The number of nitrogens with one attached hydrogen (secondary N) is 2. The van der Waals surface area contributed by atoms with Gasteiger partial charge in [-0.15, -0.1) is 0 Å². The molecular weight excluding hydrogens is 308 g/mol. The van der Waals surface area contributed by atoms with Gasteiger partial charge in [-0.1, -0.05) is 36.4 Å². The molecule has 4 heteroatoms. The van der Waals surface area contributed by atoms with Crippen LogP contribution in [-0.4, -0.2) is 22.9 Å². The van der Waals surface area contributed by atoms with E-state index in [4.69, 9.17) is 0 Å². The predicted octanol–water partition coefficient (Wildman–Crippen LogP) is 3.95. The highest BCUT2D eigenvalue weighted by atomic mass is 15.3. The summed E-state index contributed by atoms with van der Waals surface area (Å²) in [5, 5.41) is 11.8. The van der Waals surface area contributed by atoms with Gasteiger partial charge in [0.25, 0.3) is 0 Å². The molecule has 0 saturated carbocycles. The lowest BCUT2D eigenvalue weighted by molar-refractivity contribution is 0.501. The van der Waals surface area contributed by atoms with E-state index in [0.717, 1.165) is 25.2 Å². The first kappa shape index (κ1) is 15.9. The van der Waals surface area contributed by atoms with Crippen molar-refractivity contribution in [3.63, 3.8) is 0 Å². The Balaban J connectivity index is 1.38. The molecule has 25 heavy (non-hydrogen) atoms. The molecule has 4 nitrogen and oxygen atoms in total. The number of nitrogens with zero attached hydrogens (tertiary/aromatic N) is 2. The van der Waals surface area contributed by atoms with Gasteiger partial charge in [-0.2, -0.15) is 5.10 Å². The van der Waals surface area contributed by atoms with Crippen LogP contribution in [0.3, 0.4) is 0 Å². The highest BCUT2D eigenvalue weighted by Gasteiger charge is 2.17. The third kappa shape index (κ3) is 3.74. The molecule has 0 aliphatic carbocycles. The first-order valence-corrected chi connectivity index (χ1v) is 9.05. The van der Waals surface area contributed by atoms with Crippen molar-refractivity contribution in [2.75, 3.05) is 18.4 Å². The Hall–Kier alpha value is -2.59. The standard InChI is InChI=1S/C21H24N4/c1-2-7-18(8-3-1)25-16-17(15-24-25)12-14-23-21-11-6-13-22-20-10-5-4-9-19(20)21/h1-5,7-10,15-16,21-23H,6,11-14H2. The van der Waals surface area contributed by atoms with Crippen LogP contribution < -0.4 is 10.6 Å². The molecule has 1 atom stereocenters. The summed E-state index contributed by atoms with van der Waals surface area (Å²) in [4.78, 5) is 0. The van der Waals surface area contributed by atoms with Crippen LogP contribution >= 0.6 is 0 Å². The lowest BCUT2D eigenvalue weighted by Gasteiger charge is -2.18. The summed E-state index contributed by atoms with van der Waals surface area (Å²) >= 11 is 0. The van der Waals surface area contributed by atoms with Gasteiger partial charge in [0.1, 0.15) is 0 Å². The van der Waals surface area contributed by atoms with Gasteiger partial charge in [-0.25, -0.2) is 4.68 Å². The zero-order valence-corrected chi connectivity index (χ0v) is 14.4. The van der Waals surface area contributed by atoms with Crippen LogP contribution in [0.15, 0.2) is 67.0 Å². The Morgan fingerprint density at radius 3 is 2.84 bits per heavy atom. The predicted molar refractivity (Wildman–Crippen MR) is 102 cm³/mol.